The topological polar surface area (TPSA) is 38.7 Å². The van der Waals surface area contributed by atoms with Gasteiger partial charge in [-0.2, -0.15) is 13.2 Å². The lowest BCUT2D eigenvalue weighted by Crippen LogP contribution is -2.30. The zero-order chi connectivity index (χ0) is 18.7. The van der Waals surface area contributed by atoms with Crippen molar-refractivity contribution in [2.24, 2.45) is 0 Å². The largest absolute Gasteiger partial charge is 0.573 e. The molecule has 136 valence electrons. The molecule has 0 radical (unpaired) electrons. The molecule has 2 aromatic rings. The van der Waals surface area contributed by atoms with Gasteiger partial charge in [-0.3, -0.25) is 0 Å². The third kappa shape index (κ3) is 6.18. The summed E-state index contributed by atoms with van der Waals surface area (Å²) in [6.07, 6.45) is -12.8. The van der Waals surface area contributed by atoms with Crippen LogP contribution in [-0.2, 0) is 6.42 Å². The van der Waals surface area contributed by atoms with Crippen LogP contribution in [0.4, 0.5) is 26.3 Å². The molecule has 0 amide bonds. The number of alkyl halides is 6. The molecule has 0 aromatic heterocycles. The van der Waals surface area contributed by atoms with Crippen molar-refractivity contribution in [3.05, 3.63) is 54.1 Å². The fourth-order valence-corrected chi connectivity index (χ4v) is 1.95. The van der Waals surface area contributed by atoms with E-state index in [1.165, 1.54) is 36.4 Å². The number of ether oxygens (including phenoxy) is 2. The van der Waals surface area contributed by atoms with Gasteiger partial charge in [0.2, 0.25) is 0 Å². The Morgan fingerprint density at radius 3 is 2.00 bits per heavy atom. The van der Waals surface area contributed by atoms with E-state index in [0.29, 0.717) is 0 Å². The molecule has 0 aliphatic carbocycles. The number of hydrogen-bond donors (Lipinski definition) is 1. The Balaban J connectivity index is 2.11. The van der Waals surface area contributed by atoms with E-state index in [9.17, 15) is 26.3 Å². The van der Waals surface area contributed by atoms with Crippen molar-refractivity contribution < 1.29 is 40.9 Å². The fraction of sp³-hybridized carbons (Fsp3) is 0.250. The maximum atomic E-state index is 12.4. The van der Waals surface area contributed by atoms with Gasteiger partial charge in [0.25, 0.3) is 0 Å². The van der Waals surface area contributed by atoms with Crippen molar-refractivity contribution in [1.82, 2.24) is 0 Å². The van der Waals surface area contributed by atoms with Crippen molar-refractivity contribution in [1.29, 1.82) is 0 Å². The van der Waals surface area contributed by atoms with Crippen LogP contribution in [-0.4, -0.2) is 23.7 Å². The third-order valence-electron chi connectivity index (χ3n) is 2.98. The lowest BCUT2D eigenvalue weighted by Gasteiger charge is -2.15. The summed E-state index contributed by atoms with van der Waals surface area (Å²) >= 11 is 0. The first-order valence-electron chi connectivity index (χ1n) is 6.90. The standard InChI is InChI=1S/C16H12F6O3/c17-15(18,19)14(23)8-10-3-1-4-11(7-10)24-12-5-2-6-13(9-12)25-16(20,21)22/h1-7,9,14,23H,8H2/t14-/m1/s1. The van der Waals surface area contributed by atoms with E-state index in [1.807, 2.05) is 0 Å². The minimum atomic E-state index is -4.85. The molecule has 2 rings (SSSR count). The SMILES string of the molecule is O[C@H](Cc1cccc(Oc2cccc(OC(F)(F)F)c2)c1)C(F)(F)F. The Hall–Kier alpha value is -2.42. The summed E-state index contributed by atoms with van der Waals surface area (Å²) in [6, 6.07) is 10.1. The zero-order valence-corrected chi connectivity index (χ0v) is 12.4. The van der Waals surface area contributed by atoms with Gasteiger partial charge < -0.3 is 14.6 Å². The Bertz CT molecular complexity index is 712. The van der Waals surface area contributed by atoms with Crippen LogP contribution in [0.25, 0.3) is 0 Å². The molecule has 0 bridgehead atoms. The van der Waals surface area contributed by atoms with E-state index in [4.69, 9.17) is 9.84 Å². The second-order valence-electron chi connectivity index (χ2n) is 5.03. The highest BCUT2D eigenvalue weighted by molar-refractivity contribution is 5.38. The average molecular weight is 366 g/mol. The van der Waals surface area contributed by atoms with E-state index in [-0.39, 0.29) is 17.1 Å². The van der Waals surface area contributed by atoms with Crippen LogP contribution in [0.3, 0.4) is 0 Å². The van der Waals surface area contributed by atoms with Gasteiger partial charge >= 0.3 is 12.5 Å². The summed E-state index contributed by atoms with van der Waals surface area (Å²) in [4.78, 5) is 0. The summed E-state index contributed by atoms with van der Waals surface area (Å²) in [7, 11) is 0. The van der Waals surface area contributed by atoms with Crippen LogP contribution >= 0.6 is 0 Å². The second-order valence-corrected chi connectivity index (χ2v) is 5.03. The highest BCUT2D eigenvalue weighted by atomic mass is 19.4. The summed E-state index contributed by atoms with van der Waals surface area (Å²) in [5, 5.41) is 9.08. The molecule has 0 fully saturated rings. The molecule has 0 spiro atoms. The Kier molecular flexibility index (Phi) is 5.46. The van der Waals surface area contributed by atoms with E-state index in [0.717, 1.165) is 12.1 Å². The minimum Gasteiger partial charge on any atom is -0.457 e. The summed E-state index contributed by atoms with van der Waals surface area (Å²) in [6.45, 7) is 0. The van der Waals surface area contributed by atoms with Gasteiger partial charge in [-0.25, -0.2) is 0 Å². The summed E-state index contributed by atoms with van der Waals surface area (Å²) in [5.41, 5.74) is 0.157. The smallest absolute Gasteiger partial charge is 0.457 e. The maximum Gasteiger partial charge on any atom is 0.573 e. The first-order chi connectivity index (χ1) is 11.5. The van der Waals surface area contributed by atoms with Crippen LogP contribution in [0.1, 0.15) is 5.56 Å². The van der Waals surface area contributed by atoms with Crippen molar-refractivity contribution >= 4 is 0 Å². The van der Waals surface area contributed by atoms with E-state index < -0.39 is 30.8 Å². The molecule has 0 heterocycles. The predicted octanol–water partition coefficient (Wildman–Crippen LogP) is 4.84. The highest BCUT2D eigenvalue weighted by Gasteiger charge is 2.38. The molecule has 0 saturated carbocycles. The summed E-state index contributed by atoms with van der Waals surface area (Å²) in [5.74, 6) is -0.375. The van der Waals surface area contributed by atoms with Crippen molar-refractivity contribution in [3.8, 4) is 17.2 Å². The van der Waals surface area contributed by atoms with Gasteiger partial charge in [-0.1, -0.05) is 18.2 Å². The van der Waals surface area contributed by atoms with Crippen LogP contribution < -0.4 is 9.47 Å². The van der Waals surface area contributed by atoms with Crippen molar-refractivity contribution in [2.75, 3.05) is 0 Å². The van der Waals surface area contributed by atoms with Crippen molar-refractivity contribution in [2.45, 2.75) is 25.1 Å². The average Bonchev–Trinajstić information content (AvgIpc) is 2.45. The zero-order valence-electron chi connectivity index (χ0n) is 12.4. The molecule has 0 unspecified atom stereocenters. The Morgan fingerprint density at radius 1 is 0.840 bits per heavy atom. The molecule has 1 N–H and O–H groups in total. The lowest BCUT2D eigenvalue weighted by molar-refractivity contribution is -0.274. The molecule has 3 nitrogen and oxygen atoms in total. The molecule has 0 aliphatic rings. The molecular weight excluding hydrogens is 354 g/mol. The minimum absolute atomic E-state index is 0.00951. The maximum absolute atomic E-state index is 12.4. The van der Waals surface area contributed by atoms with Gasteiger partial charge in [0.05, 0.1) is 0 Å². The van der Waals surface area contributed by atoms with Crippen LogP contribution in [0, 0.1) is 0 Å². The fourth-order valence-electron chi connectivity index (χ4n) is 1.95. The van der Waals surface area contributed by atoms with E-state index in [1.54, 1.807) is 0 Å². The lowest BCUT2D eigenvalue weighted by atomic mass is 10.1. The number of aliphatic hydroxyl groups excluding tert-OH is 1. The second kappa shape index (κ2) is 7.22. The van der Waals surface area contributed by atoms with Crippen LogP contribution in [0.15, 0.2) is 48.5 Å². The van der Waals surface area contributed by atoms with E-state index >= 15 is 0 Å². The molecule has 9 heteroatoms. The quantitative estimate of drug-likeness (QED) is 0.770. The first-order valence-corrected chi connectivity index (χ1v) is 6.90. The molecule has 0 aliphatic heterocycles. The molecular formula is C16H12F6O3. The molecule has 2 aromatic carbocycles. The summed E-state index contributed by atoms with van der Waals surface area (Å²) < 4.78 is 82.8. The van der Waals surface area contributed by atoms with Gasteiger partial charge in [0.15, 0.2) is 6.10 Å². The highest BCUT2D eigenvalue weighted by Crippen LogP contribution is 2.30. The Morgan fingerprint density at radius 2 is 1.40 bits per heavy atom. The first kappa shape index (κ1) is 18.9. The van der Waals surface area contributed by atoms with Gasteiger partial charge in [-0.05, 0) is 29.8 Å². The van der Waals surface area contributed by atoms with Crippen molar-refractivity contribution in [3.63, 3.8) is 0 Å². The third-order valence-corrected chi connectivity index (χ3v) is 2.98. The van der Waals surface area contributed by atoms with Crippen LogP contribution in [0.5, 0.6) is 17.2 Å². The molecule has 25 heavy (non-hydrogen) atoms. The van der Waals surface area contributed by atoms with Gasteiger partial charge in [0, 0.05) is 12.5 Å². The Labute approximate surface area is 138 Å². The van der Waals surface area contributed by atoms with Crippen LogP contribution in [0.2, 0.25) is 0 Å². The normalized spacial score (nSPS) is 13.4. The number of benzene rings is 2. The number of halogens is 6. The predicted molar refractivity (Wildman–Crippen MR) is 75.4 cm³/mol. The number of rotatable bonds is 5. The molecule has 0 saturated heterocycles. The van der Waals surface area contributed by atoms with Gasteiger partial charge in [0.1, 0.15) is 17.2 Å². The number of hydrogen-bond acceptors (Lipinski definition) is 3. The van der Waals surface area contributed by atoms with Gasteiger partial charge in [-0.15, -0.1) is 13.2 Å². The monoisotopic (exact) mass is 366 g/mol. The number of aliphatic hydroxyl groups is 1. The molecule has 1 atom stereocenters. The van der Waals surface area contributed by atoms with E-state index in [2.05, 4.69) is 4.74 Å².